The molecule has 0 unspecified atom stereocenters. The Balaban J connectivity index is 2.79. The zero-order chi connectivity index (χ0) is 13.1. The number of hydrogen-bond donors (Lipinski definition) is 5. The molecule has 0 bridgehead atoms. The summed E-state index contributed by atoms with van der Waals surface area (Å²) in [7, 11) is 0. The molecule has 9 heteroatoms. The Kier molecular flexibility index (Phi) is 4.66. The monoisotopic (exact) mass is 249 g/mol. The fraction of sp³-hybridized carbons (Fsp3) is 1.00. The normalized spacial score (nSPS) is 41.9. The Labute approximate surface area is 96.5 Å². The smallest absolute Gasteiger partial charge is 0.195 e. The molecule has 9 nitrogen and oxygen atoms in total. The van der Waals surface area contributed by atoms with Gasteiger partial charge in [-0.3, -0.25) is 0 Å². The largest absolute Gasteiger partial charge is 0.394 e. The molecule has 0 amide bonds. The molecule has 98 valence electrons. The van der Waals surface area contributed by atoms with E-state index in [4.69, 9.17) is 15.4 Å². The van der Waals surface area contributed by atoms with Gasteiger partial charge in [0, 0.05) is 17.9 Å². The summed E-state index contributed by atoms with van der Waals surface area (Å²) in [4.78, 5) is 2.46. The number of aliphatic hydroxyl groups is 5. The highest BCUT2D eigenvalue weighted by Crippen LogP contribution is 2.30. The van der Waals surface area contributed by atoms with Crippen LogP contribution in [0.15, 0.2) is 5.11 Å². The summed E-state index contributed by atoms with van der Waals surface area (Å²) in [6.45, 7) is -0.792. The quantitative estimate of drug-likeness (QED) is 0.217. The van der Waals surface area contributed by atoms with E-state index in [0.29, 0.717) is 0 Å². The van der Waals surface area contributed by atoms with E-state index in [9.17, 15) is 20.4 Å². The Bertz CT molecular complexity index is 308. The lowest BCUT2D eigenvalue weighted by Gasteiger charge is -2.45. The molecular formula is C8H15N3O6. The number of ether oxygens (including phenoxy) is 1. The highest BCUT2D eigenvalue weighted by Gasteiger charge is 2.51. The first-order valence-electron chi connectivity index (χ1n) is 5.02. The fourth-order valence-corrected chi connectivity index (χ4v) is 1.68. The second-order valence-electron chi connectivity index (χ2n) is 3.81. The van der Waals surface area contributed by atoms with Gasteiger partial charge in [-0.25, -0.2) is 0 Å². The van der Waals surface area contributed by atoms with Gasteiger partial charge in [-0.1, -0.05) is 5.11 Å². The lowest BCUT2D eigenvalue weighted by molar-refractivity contribution is -0.350. The van der Waals surface area contributed by atoms with E-state index in [2.05, 4.69) is 10.0 Å². The number of aliphatic hydroxyl groups excluding tert-OH is 4. The van der Waals surface area contributed by atoms with E-state index >= 15 is 0 Å². The zero-order valence-corrected chi connectivity index (χ0v) is 8.92. The van der Waals surface area contributed by atoms with E-state index < -0.39 is 36.8 Å². The van der Waals surface area contributed by atoms with Crippen LogP contribution in [-0.2, 0) is 4.74 Å². The maximum atomic E-state index is 9.92. The maximum Gasteiger partial charge on any atom is 0.195 e. The molecule has 0 saturated carbocycles. The first kappa shape index (κ1) is 14.1. The van der Waals surface area contributed by atoms with Crippen LogP contribution in [0, 0.1) is 0 Å². The van der Waals surface area contributed by atoms with Crippen LogP contribution in [0.5, 0.6) is 0 Å². The SMILES string of the molecule is [N-]=[N+]=NCC[C@@]1(O)O[C@H](CO)[C@H](O)[C@H](O)[C@H]1O. The Hall–Kier alpha value is -0.930. The van der Waals surface area contributed by atoms with E-state index in [1.807, 2.05) is 0 Å². The number of hydrogen-bond acceptors (Lipinski definition) is 7. The molecule has 0 aliphatic carbocycles. The molecule has 1 saturated heterocycles. The molecule has 0 aromatic carbocycles. The van der Waals surface area contributed by atoms with Gasteiger partial charge in [0.15, 0.2) is 5.79 Å². The van der Waals surface area contributed by atoms with Crippen molar-refractivity contribution in [3.63, 3.8) is 0 Å². The fourth-order valence-electron chi connectivity index (χ4n) is 1.68. The molecule has 1 heterocycles. The van der Waals surface area contributed by atoms with Crippen molar-refractivity contribution in [1.29, 1.82) is 0 Å². The third-order valence-corrected chi connectivity index (χ3v) is 2.69. The van der Waals surface area contributed by atoms with Crippen LogP contribution in [0.3, 0.4) is 0 Å². The topological polar surface area (TPSA) is 159 Å². The van der Waals surface area contributed by atoms with Crippen molar-refractivity contribution in [2.24, 2.45) is 5.11 Å². The van der Waals surface area contributed by atoms with Crippen LogP contribution >= 0.6 is 0 Å². The highest BCUT2D eigenvalue weighted by molar-refractivity contribution is 4.96. The standard InChI is InChI=1S/C8H15N3O6/c9-11-10-2-1-8(16)7(15)6(14)5(13)4(3-12)17-8/h4-7,12-16H,1-3H2/t4-,5+,6+,7-,8-/m1/s1. The lowest BCUT2D eigenvalue weighted by atomic mass is 9.91. The third kappa shape index (κ3) is 2.85. The van der Waals surface area contributed by atoms with E-state index in [-0.39, 0.29) is 13.0 Å². The van der Waals surface area contributed by atoms with Crippen LogP contribution in [0.2, 0.25) is 0 Å². The molecule has 17 heavy (non-hydrogen) atoms. The van der Waals surface area contributed by atoms with Gasteiger partial charge in [-0.2, -0.15) is 0 Å². The van der Waals surface area contributed by atoms with Gasteiger partial charge >= 0.3 is 0 Å². The first-order chi connectivity index (χ1) is 7.96. The van der Waals surface area contributed by atoms with Crippen molar-refractivity contribution in [1.82, 2.24) is 0 Å². The van der Waals surface area contributed by atoms with Crippen molar-refractivity contribution in [3.05, 3.63) is 10.4 Å². The molecule has 0 aromatic rings. The maximum absolute atomic E-state index is 9.92. The molecule has 5 atom stereocenters. The molecule has 1 rings (SSSR count). The van der Waals surface area contributed by atoms with Gasteiger partial charge < -0.3 is 30.3 Å². The van der Waals surface area contributed by atoms with Gasteiger partial charge in [0.05, 0.1) is 6.61 Å². The molecule has 0 spiro atoms. The van der Waals surface area contributed by atoms with Gasteiger partial charge in [0.2, 0.25) is 0 Å². The van der Waals surface area contributed by atoms with Gasteiger partial charge in [0.1, 0.15) is 24.4 Å². The summed E-state index contributed by atoms with van der Waals surface area (Å²) in [5.41, 5.74) is 8.08. The Morgan fingerprint density at radius 3 is 2.47 bits per heavy atom. The predicted molar refractivity (Wildman–Crippen MR) is 53.6 cm³/mol. The minimum atomic E-state index is -2.17. The number of nitrogens with zero attached hydrogens (tertiary/aromatic N) is 3. The number of azide groups is 1. The minimum Gasteiger partial charge on any atom is -0.394 e. The summed E-state index contributed by atoms with van der Waals surface area (Å²) >= 11 is 0. The summed E-state index contributed by atoms with van der Waals surface area (Å²) in [5.74, 6) is -2.17. The molecular weight excluding hydrogens is 234 g/mol. The van der Waals surface area contributed by atoms with Crippen molar-refractivity contribution in [3.8, 4) is 0 Å². The van der Waals surface area contributed by atoms with E-state index in [0.717, 1.165) is 0 Å². The minimum absolute atomic E-state index is 0.162. The Morgan fingerprint density at radius 1 is 1.29 bits per heavy atom. The number of rotatable bonds is 4. The molecule has 1 fully saturated rings. The van der Waals surface area contributed by atoms with Crippen LogP contribution in [0.4, 0.5) is 0 Å². The molecule has 1 aliphatic rings. The highest BCUT2D eigenvalue weighted by atomic mass is 16.7. The van der Waals surface area contributed by atoms with E-state index in [1.165, 1.54) is 0 Å². The van der Waals surface area contributed by atoms with Gasteiger partial charge in [0.25, 0.3) is 0 Å². The van der Waals surface area contributed by atoms with Crippen molar-refractivity contribution in [2.45, 2.75) is 36.6 Å². The molecule has 0 radical (unpaired) electrons. The summed E-state index contributed by atoms with van der Waals surface area (Å²) in [6, 6.07) is 0. The zero-order valence-electron chi connectivity index (χ0n) is 8.92. The van der Waals surface area contributed by atoms with Gasteiger partial charge in [-0.05, 0) is 5.53 Å². The Morgan fingerprint density at radius 2 is 1.94 bits per heavy atom. The van der Waals surface area contributed by atoms with Crippen molar-refractivity contribution in [2.75, 3.05) is 13.2 Å². The first-order valence-corrected chi connectivity index (χ1v) is 5.02. The lowest BCUT2D eigenvalue weighted by Crippen LogP contribution is -2.65. The van der Waals surface area contributed by atoms with Crippen molar-refractivity contribution >= 4 is 0 Å². The average Bonchev–Trinajstić information content (AvgIpc) is 2.32. The van der Waals surface area contributed by atoms with Gasteiger partial charge in [-0.15, -0.1) is 0 Å². The van der Waals surface area contributed by atoms with Crippen molar-refractivity contribution < 1.29 is 30.3 Å². The van der Waals surface area contributed by atoms with E-state index in [1.54, 1.807) is 0 Å². The van der Waals surface area contributed by atoms with Crippen LogP contribution in [0.1, 0.15) is 6.42 Å². The molecule has 0 aromatic heterocycles. The summed E-state index contributed by atoms with van der Waals surface area (Å²) in [6.07, 6.45) is -6.40. The average molecular weight is 249 g/mol. The predicted octanol–water partition coefficient (Wildman–Crippen LogP) is -2.15. The summed E-state index contributed by atoms with van der Waals surface area (Å²) < 4.78 is 4.93. The van der Waals surface area contributed by atoms with Crippen LogP contribution in [0.25, 0.3) is 10.4 Å². The molecule has 5 N–H and O–H groups in total. The second-order valence-corrected chi connectivity index (χ2v) is 3.81. The van der Waals surface area contributed by atoms with Crippen LogP contribution in [-0.4, -0.2) is 68.9 Å². The molecule has 1 aliphatic heterocycles. The summed E-state index contributed by atoms with van der Waals surface area (Å²) in [5, 5.41) is 50.5. The van der Waals surface area contributed by atoms with Crippen LogP contribution < -0.4 is 0 Å². The third-order valence-electron chi connectivity index (χ3n) is 2.69. The second kappa shape index (κ2) is 5.61.